The normalized spacial score (nSPS) is 12.7. The van der Waals surface area contributed by atoms with Crippen LogP contribution in [0, 0.1) is 0 Å². The molecule has 0 aliphatic heterocycles. The van der Waals surface area contributed by atoms with Crippen LogP contribution in [0.2, 0.25) is 5.02 Å². The number of benzene rings is 1. The molecule has 0 saturated carbocycles. The van der Waals surface area contributed by atoms with Crippen LogP contribution in [-0.4, -0.2) is 19.3 Å². The van der Waals surface area contributed by atoms with Crippen LogP contribution in [0.25, 0.3) is 0 Å². The lowest BCUT2D eigenvalue weighted by molar-refractivity contribution is -0.0116. The fraction of sp³-hybridized carbons (Fsp3) is 0.538. The number of hydrogen-bond donors (Lipinski definition) is 1. The van der Waals surface area contributed by atoms with Crippen molar-refractivity contribution in [3.8, 4) is 0 Å². The molecule has 0 amide bonds. The van der Waals surface area contributed by atoms with Gasteiger partial charge in [-0.2, -0.15) is 0 Å². The van der Waals surface area contributed by atoms with Gasteiger partial charge >= 0.3 is 0 Å². The van der Waals surface area contributed by atoms with E-state index in [2.05, 4.69) is 0 Å². The zero-order chi connectivity index (χ0) is 12.7. The van der Waals surface area contributed by atoms with Gasteiger partial charge in [0.1, 0.15) is 0 Å². The Balaban J connectivity index is 2.46. The summed E-state index contributed by atoms with van der Waals surface area (Å²) in [4.78, 5) is 0. The lowest BCUT2D eigenvalue weighted by Crippen LogP contribution is -2.15. The van der Waals surface area contributed by atoms with Crippen LogP contribution in [0.5, 0.6) is 0 Å². The predicted molar refractivity (Wildman–Crippen MR) is 70.1 cm³/mol. The van der Waals surface area contributed by atoms with Crippen LogP contribution < -0.4 is 5.73 Å². The van der Waals surface area contributed by atoms with Gasteiger partial charge in [0.2, 0.25) is 0 Å². The summed E-state index contributed by atoms with van der Waals surface area (Å²) in [6, 6.07) is 5.81. The molecule has 4 heteroatoms. The molecule has 1 unspecified atom stereocenters. The second-order valence-electron chi connectivity index (χ2n) is 3.91. The molecular formula is C13H20ClNO2. The van der Waals surface area contributed by atoms with Crippen molar-refractivity contribution in [1.29, 1.82) is 0 Å². The van der Waals surface area contributed by atoms with Crippen LogP contribution in [0.4, 0.5) is 0 Å². The van der Waals surface area contributed by atoms with Gasteiger partial charge < -0.3 is 15.2 Å². The average molecular weight is 258 g/mol. The number of rotatable bonds is 7. The molecule has 2 N–H and O–H groups in total. The minimum atomic E-state index is 0.0696. The van der Waals surface area contributed by atoms with E-state index in [9.17, 15) is 0 Å². The van der Waals surface area contributed by atoms with Crippen LogP contribution in [0.15, 0.2) is 18.2 Å². The van der Waals surface area contributed by atoms with Crippen molar-refractivity contribution >= 4 is 11.6 Å². The zero-order valence-corrected chi connectivity index (χ0v) is 11.2. The van der Waals surface area contributed by atoms with Gasteiger partial charge in [-0.15, -0.1) is 0 Å². The van der Waals surface area contributed by atoms with E-state index >= 15 is 0 Å². The van der Waals surface area contributed by atoms with Gasteiger partial charge in [0.15, 0.2) is 0 Å². The fourth-order valence-corrected chi connectivity index (χ4v) is 1.66. The quantitative estimate of drug-likeness (QED) is 0.817. The van der Waals surface area contributed by atoms with Crippen molar-refractivity contribution in [3.63, 3.8) is 0 Å². The molecule has 0 fully saturated rings. The maximum Gasteiger partial charge on any atom is 0.0785 e. The first-order valence-electron chi connectivity index (χ1n) is 5.84. The number of hydrogen-bond acceptors (Lipinski definition) is 3. The fourth-order valence-electron chi connectivity index (χ4n) is 1.40. The summed E-state index contributed by atoms with van der Waals surface area (Å²) in [5.41, 5.74) is 7.55. The van der Waals surface area contributed by atoms with Crippen molar-refractivity contribution in [2.75, 3.05) is 13.2 Å². The van der Waals surface area contributed by atoms with Crippen molar-refractivity contribution in [3.05, 3.63) is 34.3 Å². The van der Waals surface area contributed by atoms with Gasteiger partial charge in [0, 0.05) is 18.2 Å². The maximum atomic E-state index is 6.13. The Kier molecular flexibility index (Phi) is 6.52. The summed E-state index contributed by atoms with van der Waals surface area (Å²) in [5, 5.41) is 0.705. The number of halogens is 1. The first-order chi connectivity index (χ1) is 8.17. The van der Waals surface area contributed by atoms with Crippen LogP contribution >= 0.6 is 11.6 Å². The smallest absolute Gasteiger partial charge is 0.0785 e. The van der Waals surface area contributed by atoms with E-state index in [1.54, 1.807) is 0 Å². The summed E-state index contributed by atoms with van der Waals surface area (Å²) in [5.74, 6) is 0. The van der Waals surface area contributed by atoms with E-state index in [4.69, 9.17) is 26.8 Å². The highest BCUT2D eigenvalue weighted by Crippen LogP contribution is 2.19. The third-order valence-electron chi connectivity index (χ3n) is 2.43. The molecule has 0 aromatic heterocycles. The first kappa shape index (κ1) is 14.5. The summed E-state index contributed by atoms with van der Waals surface area (Å²) in [7, 11) is 0. The molecule has 0 radical (unpaired) electrons. The summed E-state index contributed by atoms with van der Waals surface area (Å²) in [6.45, 7) is 6.27. The molecule has 0 spiro atoms. The molecule has 0 aliphatic carbocycles. The monoisotopic (exact) mass is 257 g/mol. The molecule has 1 atom stereocenters. The lowest BCUT2D eigenvalue weighted by atomic mass is 10.1. The Morgan fingerprint density at radius 2 is 2.18 bits per heavy atom. The van der Waals surface area contributed by atoms with E-state index in [1.165, 1.54) is 0 Å². The van der Waals surface area contributed by atoms with E-state index in [-0.39, 0.29) is 6.10 Å². The van der Waals surface area contributed by atoms with Crippen LogP contribution in [-0.2, 0) is 22.6 Å². The second kappa shape index (κ2) is 7.67. The highest BCUT2D eigenvalue weighted by molar-refractivity contribution is 6.31. The van der Waals surface area contributed by atoms with Gasteiger partial charge in [-0.25, -0.2) is 0 Å². The molecule has 1 aromatic carbocycles. The third-order valence-corrected chi connectivity index (χ3v) is 2.79. The molecule has 0 bridgehead atoms. The van der Waals surface area contributed by atoms with E-state index in [1.807, 2.05) is 32.0 Å². The van der Waals surface area contributed by atoms with Crippen molar-refractivity contribution in [1.82, 2.24) is 0 Å². The van der Waals surface area contributed by atoms with Crippen molar-refractivity contribution in [2.24, 2.45) is 5.73 Å². The van der Waals surface area contributed by atoms with E-state index in [0.29, 0.717) is 31.4 Å². The molecule has 3 nitrogen and oxygen atoms in total. The summed E-state index contributed by atoms with van der Waals surface area (Å²) >= 11 is 6.13. The Morgan fingerprint density at radius 1 is 1.41 bits per heavy atom. The van der Waals surface area contributed by atoms with Gasteiger partial charge in [0.05, 0.1) is 19.3 Å². The summed E-state index contributed by atoms with van der Waals surface area (Å²) in [6.07, 6.45) is 0.0696. The van der Waals surface area contributed by atoms with E-state index in [0.717, 1.165) is 11.1 Å². The molecule has 1 rings (SSSR count). The maximum absolute atomic E-state index is 6.13. The molecule has 96 valence electrons. The number of ether oxygens (including phenoxy) is 2. The topological polar surface area (TPSA) is 44.5 Å². The number of nitrogens with two attached hydrogens (primary N) is 1. The molecular weight excluding hydrogens is 238 g/mol. The predicted octanol–water partition coefficient (Wildman–Crippen LogP) is 2.74. The molecule has 1 aromatic rings. The molecule has 0 heterocycles. The SMILES string of the molecule is CCOCC(C)OCc1ccc(CN)cc1Cl. The standard InChI is InChI=1S/C13H20ClNO2/c1-3-16-8-10(2)17-9-12-5-4-11(7-15)6-13(12)14/h4-6,10H,3,7-9,15H2,1-2H3. The second-order valence-corrected chi connectivity index (χ2v) is 4.32. The highest BCUT2D eigenvalue weighted by Gasteiger charge is 2.05. The van der Waals surface area contributed by atoms with Gasteiger partial charge in [-0.05, 0) is 31.0 Å². The van der Waals surface area contributed by atoms with Gasteiger partial charge in [-0.1, -0.05) is 23.7 Å². The van der Waals surface area contributed by atoms with Crippen LogP contribution in [0.3, 0.4) is 0 Å². The van der Waals surface area contributed by atoms with Gasteiger partial charge in [0.25, 0.3) is 0 Å². The molecule has 17 heavy (non-hydrogen) atoms. The Labute approximate surface area is 108 Å². The van der Waals surface area contributed by atoms with Crippen molar-refractivity contribution in [2.45, 2.75) is 33.1 Å². The van der Waals surface area contributed by atoms with Crippen molar-refractivity contribution < 1.29 is 9.47 Å². The minimum Gasteiger partial charge on any atom is -0.379 e. The molecule has 0 aliphatic rings. The van der Waals surface area contributed by atoms with Gasteiger partial charge in [-0.3, -0.25) is 0 Å². The third kappa shape index (κ3) is 5.04. The highest BCUT2D eigenvalue weighted by atomic mass is 35.5. The average Bonchev–Trinajstić information content (AvgIpc) is 2.34. The van der Waals surface area contributed by atoms with E-state index < -0.39 is 0 Å². The van der Waals surface area contributed by atoms with Crippen LogP contribution in [0.1, 0.15) is 25.0 Å². The Bertz CT molecular complexity index is 344. The largest absolute Gasteiger partial charge is 0.379 e. The molecule has 0 saturated heterocycles. The zero-order valence-electron chi connectivity index (χ0n) is 10.4. The minimum absolute atomic E-state index is 0.0696. The lowest BCUT2D eigenvalue weighted by Gasteiger charge is -2.13. The summed E-state index contributed by atoms with van der Waals surface area (Å²) < 4.78 is 10.9. The Hall–Kier alpha value is -0.610. The first-order valence-corrected chi connectivity index (χ1v) is 6.21. The Morgan fingerprint density at radius 3 is 2.76 bits per heavy atom.